The van der Waals surface area contributed by atoms with Crippen LogP contribution < -0.4 is 10.5 Å². The fraction of sp³-hybridized carbons (Fsp3) is 0.308. The summed E-state index contributed by atoms with van der Waals surface area (Å²) in [5.74, 6) is 0.850. The number of aromatic nitrogens is 1. The molecule has 0 radical (unpaired) electrons. The molecule has 4 heteroatoms. The third kappa shape index (κ3) is 2.65. The Bertz CT molecular complexity index is 497. The standard InChI is InChI=1S/C13H16N2OS/c1-13(2,14)12-15-11(8-17-12)9-4-6-10(16-3)7-5-9/h4-8H,14H2,1-3H3. The first kappa shape index (κ1) is 12.1. The molecule has 0 aliphatic carbocycles. The quantitative estimate of drug-likeness (QED) is 0.908. The van der Waals surface area contributed by atoms with E-state index in [0.29, 0.717) is 0 Å². The molecule has 0 aliphatic rings. The van der Waals surface area contributed by atoms with Crippen LogP contribution in [0.15, 0.2) is 29.6 Å². The van der Waals surface area contributed by atoms with E-state index in [9.17, 15) is 0 Å². The lowest BCUT2D eigenvalue weighted by molar-refractivity contribution is 0.415. The second kappa shape index (κ2) is 4.47. The molecule has 1 aromatic carbocycles. The van der Waals surface area contributed by atoms with Crippen molar-refractivity contribution in [2.45, 2.75) is 19.4 Å². The first-order valence-corrected chi connectivity index (χ1v) is 6.28. The number of thiazole rings is 1. The van der Waals surface area contributed by atoms with Crippen LogP contribution in [0.5, 0.6) is 5.75 Å². The summed E-state index contributed by atoms with van der Waals surface area (Å²) in [5.41, 5.74) is 7.69. The monoisotopic (exact) mass is 248 g/mol. The van der Waals surface area contributed by atoms with Gasteiger partial charge in [-0.25, -0.2) is 4.98 Å². The maximum Gasteiger partial charge on any atom is 0.118 e. The predicted molar refractivity (Wildman–Crippen MR) is 71.3 cm³/mol. The lowest BCUT2D eigenvalue weighted by Crippen LogP contribution is -2.28. The number of methoxy groups -OCH3 is 1. The van der Waals surface area contributed by atoms with Crippen molar-refractivity contribution in [2.24, 2.45) is 5.73 Å². The summed E-state index contributed by atoms with van der Waals surface area (Å²) >= 11 is 1.59. The van der Waals surface area contributed by atoms with Crippen molar-refractivity contribution in [1.82, 2.24) is 4.98 Å². The maximum atomic E-state index is 6.02. The number of nitrogens with two attached hydrogens (primary N) is 1. The van der Waals surface area contributed by atoms with Crippen molar-refractivity contribution in [3.63, 3.8) is 0 Å². The summed E-state index contributed by atoms with van der Waals surface area (Å²) in [5, 5.41) is 2.98. The minimum Gasteiger partial charge on any atom is -0.497 e. The molecule has 2 rings (SSSR count). The topological polar surface area (TPSA) is 48.1 Å². The Morgan fingerprint density at radius 3 is 2.35 bits per heavy atom. The number of nitrogens with zero attached hydrogens (tertiary/aromatic N) is 1. The Kier molecular flexibility index (Phi) is 3.17. The molecule has 0 amide bonds. The number of hydrogen-bond donors (Lipinski definition) is 1. The molecule has 1 heterocycles. The molecule has 17 heavy (non-hydrogen) atoms. The Hall–Kier alpha value is -1.39. The van der Waals surface area contributed by atoms with E-state index in [1.165, 1.54) is 0 Å². The van der Waals surface area contributed by atoms with E-state index in [1.807, 2.05) is 43.5 Å². The van der Waals surface area contributed by atoms with Crippen LogP contribution in [0, 0.1) is 0 Å². The average Bonchev–Trinajstić information content (AvgIpc) is 2.78. The number of hydrogen-bond acceptors (Lipinski definition) is 4. The minimum atomic E-state index is -0.380. The lowest BCUT2D eigenvalue weighted by Gasteiger charge is -2.13. The van der Waals surface area contributed by atoms with E-state index in [0.717, 1.165) is 22.0 Å². The fourth-order valence-corrected chi connectivity index (χ4v) is 2.33. The highest BCUT2D eigenvalue weighted by Gasteiger charge is 2.18. The predicted octanol–water partition coefficient (Wildman–Crippen LogP) is 3.01. The molecule has 0 aliphatic heterocycles. The van der Waals surface area contributed by atoms with Crippen LogP contribution in [0.2, 0.25) is 0 Å². The van der Waals surface area contributed by atoms with Gasteiger partial charge in [0.1, 0.15) is 10.8 Å². The normalized spacial score (nSPS) is 11.5. The van der Waals surface area contributed by atoms with Crippen molar-refractivity contribution in [2.75, 3.05) is 7.11 Å². The van der Waals surface area contributed by atoms with Gasteiger partial charge in [0.05, 0.1) is 18.3 Å². The molecule has 0 saturated carbocycles. The molecule has 0 atom stereocenters. The van der Waals surface area contributed by atoms with E-state index >= 15 is 0 Å². The van der Waals surface area contributed by atoms with E-state index in [4.69, 9.17) is 10.5 Å². The molecule has 0 spiro atoms. The fourth-order valence-electron chi connectivity index (χ4n) is 1.46. The zero-order valence-electron chi connectivity index (χ0n) is 10.2. The van der Waals surface area contributed by atoms with Crippen molar-refractivity contribution >= 4 is 11.3 Å². The zero-order chi connectivity index (χ0) is 12.5. The molecule has 0 saturated heterocycles. The van der Waals surface area contributed by atoms with Crippen molar-refractivity contribution in [3.05, 3.63) is 34.7 Å². The van der Waals surface area contributed by atoms with Gasteiger partial charge in [-0.1, -0.05) is 0 Å². The van der Waals surface area contributed by atoms with Crippen LogP contribution in [0.4, 0.5) is 0 Å². The van der Waals surface area contributed by atoms with Crippen molar-refractivity contribution in [3.8, 4) is 17.0 Å². The van der Waals surface area contributed by atoms with Crippen LogP contribution in [0.3, 0.4) is 0 Å². The Balaban J connectivity index is 2.30. The third-order valence-corrected chi connectivity index (χ3v) is 3.62. The molecule has 0 unspecified atom stereocenters. The maximum absolute atomic E-state index is 6.02. The molecule has 2 aromatic rings. The minimum absolute atomic E-state index is 0.380. The van der Waals surface area contributed by atoms with E-state index in [2.05, 4.69) is 4.98 Å². The van der Waals surface area contributed by atoms with Gasteiger partial charge in [0, 0.05) is 10.9 Å². The molecular formula is C13H16N2OS. The molecule has 1 aromatic heterocycles. The summed E-state index contributed by atoms with van der Waals surface area (Å²) in [6.07, 6.45) is 0. The third-order valence-electron chi connectivity index (χ3n) is 2.44. The number of benzene rings is 1. The van der Waals surface area contributed by atoms with Gasteiger partial charge in [-0.3, -0.25) is 0 Å². The Labute approximate surface area is 105 Å². The van der Waals surface area contributed by atoms with Crippen molar-refractivity contribution < 1.29 is 4.74 Å². The molecule has 3 nitrogen and oxygen atoms in total. The SMILES string of the molecule is COc1ccc(-c2csc(C(C)(C)N)n2)cc1. The van der Waals surface area contributed by atoms with E-state index in [-0.39, 0.29) is 5.54 Å². The first-order chi connectivity index (χ1) is 8.00. The molecule has 0 fully saturated rings. The number of rotatable bonds is 3. The second-order valence-corrected chi connectivity index (χ2v) is 5.35. The summed E-state index contributed by atoms with van der Waals surface area (Å²) < 4.78 is 5.13. The summed E-state index contributed by atoms with van der Waals surface area (Å²) in [7, 11) is 1.66. The van der Waals surface area contributed by atoms with Gasteiger partial charge in [0.15, 0.2) is 0 Å². The first-order valence-electron chi connectivity index (χ1n) is 5.40. The summed E-state index contributed by atoms with van der Waals surface area (Å²) in [4.78, 5) is 4.56. The summed E-state index contributed by atoms with van der Waals surface area (Å²) in [6.45, 7) is 3.92. The molecule has 90 valence electrons. The van der Waals surface area contributed by atoms with Gasteiger partial charge >= 0.3 is 0 Å². The van der Waals surface area contributed by atoms with Crippen LogP contribution in [-0.4, -0.2) is 12.1 Å². The van der Waals surface area contributed by atoms with E-state index in [1.54, 1.807) is 18.4 Å². The zero-order valence-corrected chi connectivity index (χ0v) is 11.0. The van der Waals surface area contributed by atoms with Gasteiger partial charge in [-0.2, -0.15) is 0 Å². The van der Waals surface area contributed by atoms with Crippen LogP contribution >= 0.6 is 11.3 Å². The van der Waals surface area contributed by atoms with Gasteiger partial charge in [0.2, 0.25) is 0 Å². The van der Waals surface area contributed by atoms with Gasteiger partial charge in [0.25, 0.3) is 0 Å². The highest BCUT2D eigenvalue weighted by Crippen LogP contribution is 2.28. The average molecular weight is 248 g/mol. The van der Waals surface area contributed by atoms with Gasteiger partial charge in [-0.15, -0.1) is 11.3 Å². The molecule has 0 bridgehead atoms. The van der Waals surface area contributed by atoms with Gasteiger partial charge < -0.3 is 10.5 Å². The molecular weight excluding hydrogens is 232 g/mol. The van der Waals surface area contributed by atoms with E-state index < -0.39 is 0 Å². The summed E-state index contributed by atoms with van der Waals surface area (Å²) in [6, 6.07) is 7.87. The highest BCUT2D eigenvalue weighted by atomic mass is 32.1. The van der Waals surface area contributed by atoms with Crippen molar-refractivity contribution in [1.29, 1.82) is 0 Å². The second-order valence-electron chi connectivity index (χ2n) is 4.49. The smallest absolute Gasteiger partial charge is 0.118 e. The largest absolute Gasteiger partial charge is 0.497 e. The van der Waals surface area contributed by atoms with Crippen LogP contribution in [0.25, 0.3) is 11.3 Å². The van der Waals surface area contributed by atoms with Gasteiger partial charge in [-0.05, 0) is 38.1 Å². The highest BCUT2D eigenvalue weighted by molar-refractivity contribution is 7.10. The Morgan fingerprint density at radius 1 is 1.24 bits per heavy atom. The Morgan fingerprint density at radius 2 is 1.88 bits per heavy atom. The van der Waals surface area contributed by atoms with Crippen LogP contribution in [-0.2, 0) is 5.54 Å². The molecule has 2 N–H and O–H groups in total. The van der Waals surface area contributed by atoms with Crippen LogP contribution in [0.1, 0.15) is 18.9 Å². The lowest BCUT2D eigenvalue weighted by atomic mass is 10.1. The number of ether oxygens (including phenoxy) is 1.